The first-order chi connectivity index (χ1) is 14.1. The van der Waals surface area contributed by atoms with Gasteiger partial charge in [0.15, 0.2) is 0 Å². The molecule has 1 N–H and O–H groups in total. The van der Waals surface area contributed by atoms with Crippen LogP contribution in [0.15, 0.2) is 54.6 Å². The SMILES string of the molecule is CCN(C[C@@H]1[C@@H](c2ccccc2)[C@@H](CO)N1CC1CC1)C(=O)c1ccccc1F. The summed E-state index contributed by atoms with van der Waals surface area (Å²) in [7, 11) is 0. The molecule has 1 saturated carbocycles. The third-order valence-electron chi connectivity index (χ3n) is 6.40. The number of benzene rings is 2. The Kier molecular flexibility index (Phi) is 5.97. The second-order valence-electron chi connectivity index (χ2n) is 8.22. The highest BCUT2D eigenvalue weighted by Crippen LogP contribution is 2.44. The van der Waals surface area contributed by atoms with Gasteiger partial charge >= 0.3 is 0 Å². The molecular formula is C24H29FN2O2. The molecule has 0 spiro atoms. The highest BCUT2D eigenvalue weighted by molar-refractivity contribution is 5.94. The maximum atomic E-state index is 14.2. The van der Waals surface area contributed by atoms with E-state index in [1.165, 1.54) is 24.5 Å². The van der Waals surface area contributed by atoms with Gasteiger partial charge in [0.1, 0.15) is 5.82 Å². The summed E-state index contributed by atoms with van der Waals surface area (Å²) < 4.78 is 14.2. The van der Waals surface area contributed by atoms with Crippen LogP contribution in [0, 0.1) is 11.7 Å². The van der Waals surface area contributed by atoms with Crippen molar-refractivity contribution in [2.24, 2.45) is 5.92 Å². The molecule has 2 aromatic rings. The van der Waals surface area contributed by atoms with Crippen molar-refractivity contribution in [3.63, 3.8) is 0 Å². The van der Waals surface area contributed by atoms with Gasteiger partial charge in [-0.2, -0.15) is 0 Å². The summed E-state index contributed by atoms with van der Waals surface area (Å²) in [4.78, 5) is 17.1. The summed E-state index contributed by atoms with van der Waals surface area (Å²) in [5.74, 6) is 0.117. The molecule has 0 radical (unpaired) electrons. The molecule has 0 bridgehead atoms. The third-order valence-corrected chi connectivity index (χ3v) is 6.40. The van der Waals surface area contributed by atoms with Crippen molar-refractivity contribution >= 4 is 5.91 Å². The van der Waals surface area contributed by atoms with E-state index in [0.29, 0.717) is 19.0 Å². The number of hydrogen-bond donors (Lipinski definition) is 1. The summed E-state index contributed by atoms with van der Waals surface area (Å²) in [6.07, 6.45) is 2.48. The predicted octanol–water partition coefficient (Wildman–Crippen LogP) is 3.53. The van der Waals surface area contributed by atoms with Gasteiger partial charge in [0.25, 0.3) is 5.91 Å². The zero-order valence-corrected chi connectivity index (χ0v) is 16.9. The molecule has 2 fully saturated rings. The molecule has 0 aromatic heterocycles. The van der Waals surface area contributed by atoms with Gasteiger partial charge in [0.2, 0.25) is 0 Å². The molecule has 2 aromatic carbocycles. The molecule has 1 aliphatic carbocycles. The largest absolute Gasteiger partial charge is 0.395 e. The minimum absolute atomic E-state index is 0.0743. The Hall–Kier alpha value is -2.24. The number of likely N-dealkylation sites (N-methyl/N-ethyl adjacent to an activating group) is 1. The summed E-state index contributed by atoms with van der Waals surface area (Å²) >= 11 is 0. The van der Waals surface area contributed by atoms with Crippen molar-refractivity contribution in [3.8, 4) is 0 Å². The molecule has 154 valence electrons. The van der Waals surface area contributed by atoms with E-state index in [0.717, 1.165) is 6.54 Å². The van der Waals surface area contributed by atoms with Gasteiger partial charge in [0, 0.05) is 37.6 Å². The van der Waals surface area contributed by atoms with Gasteiger partial charge in [0.05, 0.1) is 12.2 Å². The van der Waals surface area contributed by atoms with Crippen LogP contribution in [-0.4, -0.2) is 59.1 Å². The van der Waals surface area contributed by atoms with E-state index in [1.807, 2.05) is 25.1 Å². The lowest BCUT2D eigenvalue weighted by Crippen LogP contribution is -2.67. The van der Waals surface area contributed by atoms with Crippen LogP contribution in [-0.2, 0) is 0 Å². The fraction of sp³-hybridized carbons (Fsp3) is 0.458. The van der Waals surface area contributed by atoms with Crippen molar-refractivity contribution in [1.82, 2.24) is 9.80 Å². The Morgan fingerprint density at radius 2 is 1.79 bits per heavy atom. The van der Waals surface area contributed by atoms with Crippen molar-refractivity contribution in [3.05, 3.63) is 71.5 Å². The Morgan fingerprint density at radius 1 is 1.10 bits per heavy atom. The number of nitrogens with zero attached hydrogens (tertiary/aromatic N) is 2. The monoisotopic (exact) mass is 396 g/mol. The topological polar surface area (TPSA) is 43.8 Å². The van der Waals surface area contributed by atoms with E-state index < -0.39 is 5.82 Å². The molecule has 4 nitrogen and oxygen atoms in total. The maximum absolute atomic E-state index is 14.2. The highest BCUT2D eigenvalue weighted by atomic mass is 19.1. The van der Waals surface area contributed by atoms with Crippen LogP contribution < -0.4 is 0 Å². The van der Waals surface area contributed by atoms with Gasteiger partial charge < -0.3 is 10.0 Å². The number of carbonyl (C=O) groups excluding carboxylic acids is 1. The first-order valence-electron chi connectivity index (χ1n) is 10.6. The molecule has 5 heteroatoms. The first-order valence-corrected chi connectivity index (χ1v) is 10.6. The Labute approximate surface area is 171 Å². The standard InChI is InChI=1S/C24H29FN2O2/c1-2-26(24(29)19-10-6-7-11-20(19)25)15-21-23(18-8-4-3-5-9-18)22(16-28)27(21)14-17-12-13-17/h3-11,17,21-23,28H,2,12-16H2,1H3/t21-,22-,23-/m1/s1. The molecule has 29 heavy (non-hydrogen) atoms. The number of halogens is 1. The molecule has 1 saturated heterocycles. The van der Waals surface area contributed by atoms with Crippen molar-refractivity contribution in [1.29, 1.82) is 0 Å². The lowest BCUT2D eigenvalue weighted by Gasteiger charge is -2.56. The Balaban J connectivity index is 1.58. The Bertz CT molecular complexity index is 840. The smallest absolute Gasteiger partial charge is 0.256 e. The normalized spacial score (nSPS) is 24.2. The molecular weight excluding hydrogens is 367 g/mol. The van der Waals surface area contributed by atoms with Gasteiger partial charge in [-0.25, -0.2) is 4.39 Å². The number of hydrogen-bond acceptors (Lipinski definition) is 3. The zero-order chi connectivity index (χ0) is 20.4. The van der Waals surface area contributed by atoms with Crippen molar-refractivity contribution in [2.75, 3.05) is 26.2 Å². The maximum Gasteiger partial charge on any atom is 0.256 e. The molecule has 4 rings (SSSR count). The number of carbonyl (C=O) groups is 1. The predicted molar refractivity (Wildman–Crippen MR) is 111 cm³/mol. The quantitative estimate of drug-likeness (QED) is 0.742. The Morgan fingerprint density at radius 3 is 2.41 bits per heavy atom. The van der Waals surface area contributed by atoms with Gasteiger partial charge in [-0.1, -0.05) is 42.5 Å². The van der Waals surface area contributed by atoms with Crippen LogP contribution in [0.1, 0.15) is 41.6 Å². The number of likely N-dealkylation sites (tertiary alicyclic amines) is 1. The second-order valence-corrected chi connectivity index (χ2v) is 8.22. The summed E-state index contributed by atoms with van der Waals surface area (Å²) in [6, 6.07) is 16.6. The molecule has 1 amide bonds. The van der Waals surface area contributed by atoms with Gasteiger partial charge in [-0.15, -0.1) is 0 Å². The first kappa shape index (κ1) is 20.0. The number of amides is 1. The van der Waals surface area contributed by atoms with Crippen LogP contribution >= 0.6 is 0 Å². The fourth-order valence-corrected chi connectivity index (χ4v) is 4.63. The summed E-state index contributed by atoms with van der Waals surface area (Å²) in [5.41, 5.74) is 1.32. The van der Waals surface area contributed by atoms with Crippen LogP contribution in [0.3, 0.4) is 0 Å². The summed E-state index contributed by atoms with van der Waals surface area (Å²) in [5, 5.41) is 10.1. The number of aliphatic hydroxyl groups is 1. The lowest BCUT2D eigenvalue weighted by molar-refractivity contribution is -0.0561. The third kappa shape index (κ3) is 4.07. The van der Waals surface area contributed by atoms with E-state index in [4.69, 9.17) is 0 Å². The van der Waals surface area contributed by atoms with Gasteiger partial charge in [-0.05, 0) is 43.4 Å². The minimum Gasteiger partial charge on any atom is -0.395 e. The average Bonchev–Trinajstić information content (AvgIpc) is 3.56. The fourth-order valence-electron chi connectivity index (χ4n) is 4.63. The van der Waals surface area contributed by atoms with E-state index in [9.17, 15) is 14.3 Å². The van der Waals surface area contributed by atoms with Gasteiger partial charge in [-0.3, -0.25) is 9.69 Å². The number of rotatable bonds is 8. The second kappa shape index (κ2) is 8.64. The zero-order valence-electron chi connectivity index (χ0n) is 16.9. The van der Waals surface area contributed by atoms with Crippen LogP contribution in [0.4, 0.5) is 4.39 Å². The average molecular weight is 397 g/mol. The van der Waals surface area contributed by atoms with Crippen LogP contribution in [0.2, 0.25) is 0 Å². The van der Waals surface area contributed by atoms with Crippen LogP contribution in [0.5, 0.6) is 0 Å². The molecule has 2 aliphatic rings. The lowest BCUT2D eigenvalue weighted by atomic mass is 9.74. The molecule has 0 unspecified atom stereocenters. The van der Waals surface area contributed by atoms with E-state index in [-0.39, 0.29) is 36.1 Å². The molecule has 1 heterocycles. The van der Waals surface area contributed by atoms with E-state index in [2.05, 4.69) is 17.0 Å². The number of aliphatic hydroxyl groups excluding tert-OH is 1. The minimum atomic E-state index is -0.479. The van der Waals surface area contributed by atoms with Crippen LogP contribution in [0.25, 0.3) is 0 Å². The van der Waals surface area contributed by atoms with E-state index >= 15 is 0 Å². The molecule has 3 atom stereocenters. The van der Waals surface area contributed by atoms with E-state index in [1.54, 1.807) is 23.1 Å². The summed E-state index contributed by atoms with van der Waals surface area (Å²) in [6.45, 7) is 4.06. The molecule has 1 aliphatic heterocycles. The highest BCUT2D eigenvalue weighted by Gasteiger charge is 2.50. The van der Waals surface area contributed by atoms with Crippen molar-refractivity contribution in [2.45, 2.75) is 37.8 Å². The van der Waals surface area contributed by atoms with Crippen molar-refractivity contribution < 1.29 is 14.3 Å².